The molecule has 1 aliphatic rings. The summed E-state index contributed by atoms with van der Waals surface area (Å²) >= 11 is 0. The Morgan fingerprint density at radius 1 is 0.900 bits per heavy atom. The Labute approximate surface area is 114 Å². The molecule has 0 atom stereocenters. The third kappa shape index (κ3) is 1.83. The number of carbonyl (C=O) groups excluding carboxylic acids is 1. The normalized spacial score (nSPS) is 15.9. The predicted octanol–water partition coefficient (Wildman–Crippen LogP) is 4.02. The van der Waals surface area contributed by atoms with Gasteiger partial charge in [0.15, 0.2) is 23.2 Å². The number of hydrogen-bond acceptors (Lipinski definition) is 1. The summed E-state index contributed by atoms with van der Waals surface area (Å²) in [6.07, 6.45) is 1.18. The van der Waals surface area contributed by atoms with Gasteiger partial charge in [-0.25, -0.2) is 13.2 Å². The minimum Gasteiger partial charge on any atom is -0.293 e. The van der Waals surface area contributed by atoms with Crippen molar-refractivity contribution in [1.29, 1.82) is 0 Å². The van der Waals surface area contributed by atoms with Crippen molar-refractivity contribution in [1.82, 2.24) is 0 Å². The van der Waals surface area contributed by atoms with Crippen LogP contribution in [0.25, 0.3) is 0 Å². The molecule has 1 saturated carbocycles. The number of benzene rings is 2. The molecule has 1 nitrogen and oxygen atoms in total. The van der Waals surface area contributed by atoms with Crippen LogP contribution in [0.1, 0.15) is 28.8 Å². The van der Waals surface area contributed by atoms with E-state index in [4.69, 9.17) is 0 Å². The summed E-state index contributed by atoms with van der Waals surface area (Å²) in [4.78, 5) is 12.5. The molecular weight excluding hydrogens is 265 g/mol. The van der Waals surface area contributed by atoms with E-state index >= 15 is 0 Å². The quantitative estimate of drug-likeness (QED) is 0.611. The van der Waals surface area contributed by atoms with Gasteiger partial charge in [0.05, 0.1) is 11.0 Å². The van der Waals surface area contributed by atoms with Crippen molar-refractivity contribution in [3.63, 3.8) is 0 Å². The maximum absolute atomic E-state index is 13.8. The van der Waals surface area contributed by atoms with Crippen molar-refractivity contribution in [2.75, 3.05) is 0 Å². The molecule has 2 aromatic rings. The summed E-state index contributed by atoms with van der Waals surface area (Å²) in [5.74, 6) is -4.78. The fourth-order valence-electron chi connectivity index (χ4n) is 2.49. The first-order valence-corrected chi connectivity index (χ1v) is 6.30. The second-order valence-electron chi connectivity index (χ2n) is 5.00. The van der Waals surface area contributed by atoms with Crippen molar-refractivity contribution in [3.8, 4) is 0 Å². The zero-order chi connectivity index (χ0) is 14.3. The monoisotopic (exact) mass is 276 g/mol. The molecule has 102 valence electrons. The van der Waals surface area contributed by atoms with Crippen LogP contribution in [0.5, 0.6) is 0 Å². The van der Waals surface area contributed by atoms with Crippen molar-refractivity contribution in [2.24, 2.45) is 0 Å². The molecule has 0 heterocycles. The average Bonchev–Trinajstić information content (AvgIpc) is 3.27. The highest BCUT2D eigenvalue weighted by molar-refractivity contribution is 6.06. The standard InChI is InChI=1S/C16H11F3O/c17-12-7-6-11(13(18)14(12)19)15(20)16(8-9-16)10-4-2-1-3-5-10/h1-7H,8-9H2. The van der Waals surface area contributed by atoms with Crippen LogP contribution in [-0.2, 0) is 5.41 Å². The minimum atomic E-state index is -1.60. The van der Waals surface area contributed by atoms with Gasteiger partial charge in [-0.15, -0.1) is 0 Å². The SMILES string of the molecule is O=C(c1ccc(F)c(F)c1F)C1(c2ccccc2)CC1. The molecule has 0 spiro atoms. The van der Waals surface area contributed by atoms with E-state index in [0.717, 1.165) is 17.7 Å². The minimum absolute atomic E-state index is 0.384. The molecule has 0 amide bonds. The van der Waals surface area contributed by atoms with Crippen LogP contribution in [0.4, 0.5) is 13.2 Å². The van der Waals surface area contributed by atoms with Crippen molar-refractivity contribution >= 4 is 5.78 Å². The zero-order valence-electron chi connectivity index (χ0n) is 10.5. The Morgan fingerprint density at radius 2 is 1.55 bits per heavy atom. The Kier molecular flexibility index (Phi) is 2.89. The van der Waals surface area contributed by atoms with E-state index in [1.165, 1.54) is 0 Å². The van der Waals surface area contributed by atoms with Crippen molar-refractivity contribution in [2.45, 2.75) is 18.3 Å². The molecule has 1 aliphatic carbocycles. The smallest absolute Gasteiger partial charge is 0.195 e. The van der Waals surface area contributed by atoms with E-state index in [0.29, 0.717) is 12.8 Å². The molecular formula is C16H11F3O. The summed E-state index contributed by atoms with van der Waals surface area (Å²) in [5, 5.41) is 0. The fourth-order valence-corrected chi connectivity index (χ4v) is 2.49. The molecule has 2 aromatic carbocycles. The topological polar surface area (TPSA) is 17.1 Å². The van der Waals surface area contributed by atoms with Crippen LogP contribution in [-0.4, -0.2) is 5.78 Å². The molecule has 1 fully saturated rings. The number of ketones is 1. The van der Waals surface area contributed by atoms with E-state index in [9.17, 15) is 18.0 Å². The third-order valence-corrected chi connectivity index (χ3v) is 3.79. The summed E-state index contributed by atoms with van der Waals surface area (Å²) in [5.41, 5.74) is -0.383. The van der Waals surface area contributed by atoms with Gasteiger partial charge in [-0.05, 0) is 30.5 Å². The lowest BCUT2D eigenvalue weighted by atomic mass is 9.87. The van der Waals surface area contributed by atoms with Crippen molar-refractivity contribution in [3.05, 3.63) is 71.0 Å². The first kappa shape index (κ1) is 12.9. The highest BCUT2D eigenvalue weighted by Crippen LogP contribution is 2.50. The first-order chi connectivity index (χ1) is 9.56. The number of Topliss-reactive ketones (excluding diaryl/α,β-unsaturated/α-hetero) is 1. The van der Waals surface area contributed by atoms with E-state index in [1.807, 2.05) is 6.07 Å². The molecule has 0 radical (unpaired) electrons. The van der Waals surface area contributed by atoms with E-state index < -0.39 is 28.6 Å². The summed E-state index contributed by atoms with van der Waals surface area (Å²) in [6.45, 7) is 0. The lowest BCUT2D eigenvalue weighted by molar-refractivity contribution is 0.0940. The zero-order valence-corrected chi connectivity index (χ0v) is 10.5. The molecule has 0 aromatic heterocycles. The van der Waals surface area contributed by atoms with Gasteiger partial charge in [-0.3, -0.25) is 4.79 Å². The van der Waals surface area contributed by atoms with Gasteiger partial charge in [0.1, 0.15) is 0 Å². The molecule has 4 heteroatoms. The van der Waals surface area contributed by atoms with Gasteiger partial charge in [0.25, 0.3) is 0 Å². The molecule has 0 N–H and O–H groups in total. The summed E-state index contributed by atoms with van der Waals surface area (Å²) in [6, 6.07) is 10.8. The van der Waals surface area contributed by atoms with Gasteiger partial charge in [-0.2, -0.15) is 0 Å². The van der Waals surface area contributed by atoms with Gasteiger partial charge in [-0.1, -0.05) is 30.3 Å². The molecule has 0 aliphatic heterocycles. The Balaban J connectivity index is 2.04. The van der Waals surface area contributed by atoms with Crippen LogP contribution < -0.4 is 0 Å². The maximum Gasteiger partial charge on any atom is 0.195 e. The van der Waals surface area contributed by atoms with Gasteiger partial charge in [0, 0.05) is 0 Å². The molecule has 0 bridgehead atoms. The summed E-state index contributed by atoms with van der Waals surface area (Å²) < 4.78 is 39.9. The van der Waals surface area contributed by atoms with Gasteiger partial charge >= 0.3 is 0 Å². The Morgan fingerprint density at radius 3 is 2.15 bits per heavy atom. The maximum atomic E-state index is 13.8. The second-order valence-corrected chi connectivity index (χ2v) is 5.00. The van der Waals surface area contributed by atoms with Crippen LogP contribution in [0.3, 0.4) is 0 Å². The van der Waals surface area contributed by atoms with Crippen LogP contribution in [0.15, 0.2) is 42.5 Å². The Bertz CT molecular complexity index is 676. The van der Waals surface area contributed by atoms with E-state index in [-0.39, 0.29) is 5.56 Å². The Hall–Kier alpha value is -2.10. The van der Waals surface area contributed by atoms with Crippen LogP contribution in [0.2, 0.25) is 0 Å². The van der Waals surface area contributed by atoms with Crippen LogP contribution in [0, 0.1) is 17.5 Å². The lowest BCUT2D eigenvalue weighted by Crippen LogP contribution is -2.22. The lowest BCUT2D eigenvalue weighted by Gasteiger charge is -2.15. The molecule has 0 saturated heterocycles. The average molecular weight is 276 g/mol. The number of rotatable bonds is 3. The fraction of sp³-hybridized carbons (Fsp3) is 0.188. The predicted molar refractivity (Wildman–Crippen MR) is 68.0 cm³/mol. The first-order valence-electron chi connectivity index (χ1n) is 6.30. The second kappa shape index (κ2) is 4.47. The number of halogens is 3. The van der Waals surface area contributed by atoms with Gasteiger partial charge < -0.3 is 0 Å². The highest BCUT2D eigenvalue weighted by Gasteiger charge is 2.51. The van der Waals surface area contributed by atoms with E-state index in [2.05, 4.69) is 0 Å². The van der Waals surface area contributed by atoms with Crippen molar-refractivity contribution < 1.29 is 18.0 Å². The van der Waals surface area contributed by atoms with E-state index in [1.54, 1.807) is 24.3 Å². The summed E-state index contributed by atoms with van der Waals surface area (Å²) in [7, 11) is 0. The molecule has 3 rings (SSSR count). The number of hydrogen-bond donors (Lipinski definition) is 0. The van der Waals surface area contributed by atoms with Gasteiger partial charge in [0.2, 0.25) is 0 Å². The molecule has 0 unspecified atom stereocenters. The largest absolute Gasteiger partial charge is 0.293 e. The highest BCUT2D eigenvalue weighted by atomic mass is 19.2. The number of carbonyl (C=O) groups is 1. The third-order valence-electron chi connectivity index (χ3n) is 3.79. The van der Waals surface area contributed by atoms with Crippen LogP contribution >= 0.6 is 0 Å². The molecule has 20 heavy (non-hydrogen) atoms.